The molecule has 3 aromatic carbocycles. The number of allylic oxidation sites excluding steroid dienone is 1. The van der Waals surface area contributed by atoms with Crippen LogP contribution in [0.25, 0.3) is 27.7 Å². The summed E-state index contributed by atoms with van der Waals surface area (Å²) in [6.07, 6.45) is 8.53. The predicted molar refractivity (Wildman–Crippen MR) is 182 cm³/mol. The van der Waals surface area contributed by atoms with Gasteiger partial charge < -0.3 is 25.1 Å². The Labute approximate surface area is 269 Å². The molecule has 0 atom stereocenters. The van der Waals surface area contributed by atoms with Crippen LogP contribution in [0, 0.1) is 0 Å². The minimum Gasteiger partial charge on any atom is -0.497 e. The fourth-order valence-electron chi connectivity index (χ4n) is 7.30. The van der Waals surface area contributed by atoms with Gasteiger partial charge in [-0.1, -0.05) is 37.5 Å². The summed E-state index contributed by atoms with van der Waals surface area (Å²) in [4.78, 5) is 30.0. The number of nitrogens with one attached hydrogen (secondary N) is 1. The van der Waals surface area contributed by atoms with Crippen LogP contribution in [0.3, 0.4) is 0 Å². The summed E-state index contributed by atoms with van der Waals surface area (Å²) in [5.41, 5.74) is 13.4. The quantitative estimate of drug-likeness (QED) is 0.228. The number of rotatable bonds is 7. The highest BCUT2D eigenvalue weighted by Crippen LogP contribution is 2.47. The van der Waals surface area contributed by atoms with Crippen molar-refractivity contribution in [2.75, 3.05) is 13.7 Å². The first kappa shape index (κ1) is 29.8. The van der Waals surface area contributed by atoms with E-state index in [1.165, 1.54) is 48.7 Å². The monoisotopic (exact) mass is 616 g/mol. The average molecular weight is 617 g/mol. The van der Waals surface area contributed by atoms with Crippen molar-refractivity contribution >= 4 is 34.0 Å². The maximum absolute atomic E-state index is 13.9. The van der Waals surface area contributed by atoms with Gasteiger partial charge in [0, 0.05) is 52.0 Å². The van der Waals surface area contributed by atoms with E-state index in [-0.39, 0.29) is 5.91 Å². The van der Waals surface area contributed by atoms with Crippen molar-refractivity contribution in [2.24, 2.45) is 10.7 Å². The maximum Gasteiger partial charge on any atom is 0.252 e. The highest BCUT2D eigenvalue weighted by molar-refractivity contribution is 6.08. The van der Waals surface area contributed by atoms with Crippen LogP contribution >= 0.6 is 0 Å². The van der Waals surface area contributed by atoms with Gasteiger partial charge in [-0.3, -0.25) is 14.6 Å². The number of hydrogen-bond donors (Lipinski definition) is 2. The lowest BCUT2D eigenvalue weighted by Gasteiger charge is -2.27. The highest BCUT2D eigenvalue weighted by atomic mass is 16.5. The number of nitrogens with zero attached hydrogens (tertiary/aromatic N) is 2. The van der Waals surface area contributed by atoms with Gasteiger partial charge in [0.05, 0.1) is 24.9 Å². The average Bonchev–Trinajstić information content (AvgIpc) is 3.64. The van der Waals surface area contributed by atoms with E-state index < -0.39 is 11.4 Å². The van der Waals surface area contributed by atoms with Gasteiger partial charge in [-0.15, -0.1) is 0 Å². The third kappa shape index (κ3) is 5.36. The third-order valence-corrected chi connectivity index (χ3v) is 9.82. The molecule has 0 bridgehead atoms. The predicted octanol–water partition coefficient (Wildman–Crippen LogP) is 7.25. The molecule has 236 valence electrons. The van der Waals surface area contributed by atoms with Gasteiger partial charge in [0.1, 0.15) is 18.1 Å². The number of aliphatic imine (C=N–C) groups is 1. The van der Waals surface area contributed by atoms with Crippen molar-refractivity contribution in [1.82, 2.24) is 9.88 Å². The van der Waals surface area contributed by atoms with Gasteiger partial charge in [-0.25, -0.2) is 0 Å². The number of carbonyl (C=O) groups is 2. The number of fused-ring (bicyclic) bond motifs is 5. The minimum absolute atomic E-state index is 0.140. The molecule has 1 aromatic heterocycles. The highest BCUT2D eigenvalue weighted by Gasteiger charge is 2.32. The number of hydrogen-bond acceptors (Lipinski definition) is 5. The van der Waals surface area contributed by atoms with Crippen LogP contribution in [0.4, 0.5) is 0 Å². The molecular formula is C38H40N4O4. The summed E-state index contributed by atoms with van der Waals surface area (Å²) in [5.74, 6) is 1.49. The van der Waals surface area contributed by atoms with E-state index in [1.54, 1.807) is 19.2 Å². The van der Waals surface area contributed by atoms with E-state index in [4.69, 9.17) is 20.2 Å². The van der Waals surface area contributed by atoms with Gasteiger partial charge in [-0.2, -0.15) is 0 Å². The minimum atomic E-state index is -0.674. The molecule has 8 heteroatoms. The smallest absolute Gasteiger partial charge is 0.252 e. The van der Waals surface area contributed by atoms with Crippen molar-refractivity contribution in [1.29, 1.82) is 0 Å². The summed E-state index contributed by atoms with van der Waals surface area (Å²) in [5, 5.41) is 4.47. The normalized spacial score (nSPS) is 16.5. The first-order chi connectivity index (χ1) is 22.2. The van der Waals surface area contributed by atoms with E-state index in [0.29, 0.717) is 36.6 Å². The Morgan fingerprint density at radius 1 is 1.00 bits per heavy atom. The zero-order valence-corrected chi connectivity index (χ0v) is 26.7. The van der Waals surface area contributed by atoms with Gasteiger partial charge in [0.25, 0.3) is 5.91 Å². The van der Waals surface area contributed by atoms with Crippen LogP contribution in [0.2, 0.25) is 0 Å². The largest absolute Gasteiger partial charge is 0.497 e. The van der Waals surface area contributed by atoms with Crippen LogP contribution in [0.5, 0.6) is 11.5 Å². The number of aromatic nitrogens is 1. The van der Waals surface area contributed by atoms with E-state index >= 15 is 0 Å². The lowest BCUT2D eigenvalue weighted by molar-refractivity contribution is 0.0930. The van der Waals surface area contributed by atoms with Crippen molar-refractivity contribution in [2.45, 2.75) is 70.4 Å². The summed E-state index contributed by atoms with van der Waals surface area (Å²) < 4.78 is 14.1. The Morgan fingerprint density at radius 2 is 1.76 bits per heavy atom. The Morgan fingerprint density at radius 3 is 2.50 bits per heavy atom. The van der Waals surface area contributed by atoms with Crippen molar-refractivity contribution < 1.29 is 19.1 Å². The molecule has 3 N–H and O–H groups in total. The second-order valence-corrected chi connectivity index (χ2v) is 13.1. The topological polar surface area (TPSA) is 108 Å². The first-order valence-electron chi connectivity index (χ1n) is 16.2. The van der Waals surface area contributed by atoms with Crippen LogP contribution in [0.1, 0.15) is 90.1 Å². The number of methoxy groups -OCH3 is 1. The van der Waals surface area contributed by atoms with Crippen molar-refractivity contribution in [3.63, 3.8) is 0 Å². The molecular weight excluding hydrogens is 576 g/mol. The van der Waals surface area contributed by atoms with Gasteiger partial charge in [0.15, 0.2) is 0 Å². The number of benzene rings is 3. The fraction of sp³-hybridized carbons (Fsp3) is 0.342. The molecule has 3 aliphatic rings. The SMILES string of the molecule is COc1ccc2c(c1)OCCn1c-2c(C2CCCCC2)c2ccc(C(=O)NC(C)(C)C3=NC=C(c4ccc(C(N)=O)cc4)C3)cc21. The lowest BCUT2D eigenvalue weighted by Crippen LogP contribution is -2.49. The molecule has 2 aliphatic heterocycles. The summed E-state index contributed by atoms with van der Waals surface area (Å²) in [6.45, 7) is 5.20. The van der Waals surface area contributed by atoms with Crippen LogP contribution in [0.15, 0.2) is 71.9 Å². The van der Waals surface area contributed by atoms with Crippen molar-refractivity contribution in [3.8, 4) is 22.8 Å². The Kier molecular flexibility index (Phi) is 7.67. The zero-order valence-electron chi connectivity index (χ0n) is 26.7. The van der Waals surface area contributed by atoms with E-state index in [2.05, 4.69) is 22.0 Å². The molecule has 0 radical (unpaired) electrons. The Balaban J connectivity index is 1.19. The first-order valence-corrected chi connectivity index (χ1v) is 16.2. The molecule has 1 aliphatic carbocycles. The number of nitrogens with two attached hydrogens (primary N) is 1. The Bertz CT molecular complexity index is 1910. The summed E-state index contributed by atoms with van der Waals surface area (Å²) in [6, 6.07) is 19.5. The van der Waals surface area contributed by atoms with E-state index in [0.717, 1.165) is 39.4 Å². The van der Waals surface area contributed by atoms with Gasteiger partial charge in [-0.05, 0) is 85.7 Å². The molecule has 7 rings (SSSR count). The second-order valence-electron chi connectivity index (χ2n) is 13.1. The standard InChI is InChI=1S/C38H40N4O4/c1-38(2,33-20-27(22-40-33)23-9-11-25(12-10-23)36(39)43)41-37(44)26-13-15-29-31(19-26)42-17-18-46-32-21-28(45-3)14-16-30(32)35(42)34(29)24-7-5-4-6-8-24/h9-16,19,21-22,24H,4-8,17-18,20H2,1-3H3,(H2,39,43)(H,41,44). The second kappa shape index (κ2) is 11.8. The molecule has 46 heavy (non-hydrogen) atoms. The number of primary amides is 1. The van der Waals surface area contributed by atoms with Crippen LogP contribution in [-0.4, -0.2) is 41.3 Å². The van der Waals surface area contributed by atoms with Crippen LogP contribution in [-0.2, 0) is 6.54 Å². The number of amides is 2. The molecule has 1 saturated carbocycles. The molecule has 0 saturated heterocycles. The molecule has 3 heterocycles. The van der Waals surface area contributed by atoms with E-state index in [9.17, 15) is 9.59 Å². The molecule has 2 amide bonds. The van der Waals surface area contributed by atoms with Gasteiger partial charge in [0.2, 0.25) is 5.91 Å². The summed E-state index contributed by atoms with van der Waals surface area (Å²) >= 11 is 0. The fourth-order valence-corrected chi connectivity index (χ4v) is 7.30. The Hall–Kier alpha value is -4.85. The number of carbonyl (C=O) groups excluding carboxylic acids is 2. The third-order valence-electron chi connectivity index (χ3n) is 9.82. The van der Waals surface area contributed by atoms with Gasteiger partial charge >= 0.3 is 0 Å². The number of ether oxygens (including phenoxy) is 2. The van der Waals surface area contributed by atoms with Crippen LogP contribution < -0.4 is 20.5 Å². The molecule has 0 unspecified atom stereocenters. The van der Waals surface area contributed by atoms with E-state index in [1.807, 2.05) is 56.4 Å². The maximum atomic E-state index is 13.9. The zero-order chi connectivity index (χ0) is 32.0. The molecule has 4 aromatic rings. The molecule has 0 spiro atoms. The van der Waals surface area contributed by atoms with Crippen molar-refractivity contribution in [3.05, 3.63) is 89.1 Å². The molecule has 8 nitrogen and oxygen atoms in total. The lowest BCUT2D eigenvalue weighted by atomic mass is 9.81. The molecule has 1 fully saturated rings. The summed E-state index contributed by atoms with van der Waals surface area (Å²) in [7, 11) is 1.68.